The van der Waals surface area contributed by atoms with Gasteiger partial charge in [-0.3, -0.25) is 0 Å². The van der Waals surface area contributed by atoms with E-state index in [1.807, 2.05) is 13.8 Å². The van der Waals surface area contributed by atoms with E-state index >= 15 is 0 Å². The average molecular weight is 195 g/mol. The van der Waals surface area contributed by atoms with Crippen LogP contribution in [0, 0.1) is 0 Å². The normalized spacial score (nSPS) is 10.0. The molecule has 4 nitrogen and oxygen atoms in total. The third-order valence-corrected chi connectivity index (χ3v) is 1.89. The molecule has 1 rings (SSSR count). The van der Waals surface area contributed by atoms with Gasteiger partial charge in [-0.05, 0) is 19.4 Å². The fraction of sp³-hybridized carbons (Fsp3) is 0.444. The highest BCUT2D eigenvalue weighted by molar-refractivity contribution is 6.59. The lowest BCUT2D eigenvalue weighted by atomic mass is 9.78. The largest absolute Gasteiger partial charge is 0.490 e. The molecular weight excluding hydrogens is 181 g/mol. The number of nitrogens with zero attached hydrogens (tertiary/aromatic N) is 1. The van der Waals surface area contributed by atoms with Crippen molar-refractivity contribution >= 4 is 12.6 Å². The van der Waals surface area contributed by atoms with Gasteiger partial charge in [0, 0.05) is 11.2 Å². The molecule has 0 bridgehead atoms. The van der Waals surface area contributed by atoms with Crippen LogP contribution < -0.4 is 10.2 Å². The predicted octanol–water partition coefficient (Wildman–Crippen LogP) is -0.278. The zero-order chi connectivity index (χ0) is 10.6. The topological polar surface area (TPSA) is 62.6 Å². The summed E-state index contributed by atoms with van der Waals surface area (Å²) in [5, 5.41) is 18.1. The van der Waals surface area contributed by atoms with Crippen molar-refractivity contribution in [3.05, 3.63) is 17.8 Å². The zero-order valence-corrected chi connectivity index (χ0v) is 8.40. The molecule has 76 valence electrons. The summed E-state index contributed by atoms with van der Waals surface area (Å²) in [6.45, 7) is 4.34. The highest BCUT2D eigenvalue weighted by atomic mass is 16.5. The highest BCUT2D eigenvalue weighted by Gasteiger charge is 2.16. The van der Waals surface area contributed by atoms with Gasteiger partial charge < -0.3 is 14.8 Å². The Morgan fingerprint density at radius 2 is 2.07 bits per heavy atom. The molecule has 0 radical (unpaired) electrons. The van der Waals surface area contributed by atoms with E-state index in [1.54, 1.807) is 12.1 Å². The molecule has 0 saturated carbocycles. The summed E-state index contributed by atoms with van der Waals surface area (Å²) in [5.41, 5.74) is 1.10. The summed E-state index contributed by atoms with van der Waals surface area (Å²) in [7, 11) is -1.46. The molecule has 0 unspecified atom stereocenters. The minimum atomic E-state index is -1.46. The SMILES string of the molecule is CCOc1ccc(B(O)O)c(CC)n1. The van der Waals surface area contributed by atoms with Crippen LogP contribution in [0.4, 0.5) is 0 Å². The first kappa shape index (κ1) is 11.0. The first-order valence-electron chi connectivity index (χ1n) is 4.67. The van der Waals surface area contributed by atoms with Crippen LogP contribution >= 0.6 is 0 Å². The van der Waals surface area contributed by atoms with E-state index in [9.17, 15) is 0 Å². The molecule has 0 amide bonds. The zero-order valence-electron chi connectivity index (χ0n) is 8.40. The van der Waals surface area contributed by atoms with Gasteiger partial charge in [0.05, 0.1) is 6.61 Å². The fourth-order valence-electron chi connectivity index (χ4n) is 1.24. The lowest BCUT2D eigenvalue weighted by Crippen LogP contribution is -2.33. The number of rotatable bonds is 4. The van der Waals surface area contributed by atoms with Crippen LogP contribution in [-0.4, -0.2) is 28.8 Å². The minimum absolute atomic E-state index is 0.441. The first-order chi connectivity index (χ1) is 6.69. The van der Waals surface area contributed by atoms with E-state index in [0.717, 1.165) is 0 Å². The number of aryl methyl sites for hydroxylation is 1. The number of ether oxygens (including phenoxy) is 1. The lowest BCUT2D eigenvalue weighted by molar-refractivity contribution is 0.326. The Bertz CT molecular complexity index is 304. The minimum Gasteiger partial charge on any atom is -0.478 e. The van der Waals surface area contributed by atoms with Crippen LogP contribution in [0.5, 0.6) is 5.88 Å². The van der Waals surface area contributed by atoms with E-state index in [0.29, 0.717) is 30.1 Å². The van der Waals surface area contributed by atoms with Crippen LogP contribution in [0.25, 0.3) is 0 Å². The van der Waals surface area contributed by atoms with Gasteiger partial charge >= 0.3 is 7.12 Å². The number of hydrogen-bond acceptors (Lipinski definition) is 4. The third-order valence-electron chi connectivity index (χ3n) is 1.89. The first-order valence-corrected chi connectivity index (χ1v) is 4.67. The summed E-state index contributed by atoms with van der Waals surface area (Å²) < 4.78 is 5.21. The molecule has 0 spiro atoms. The van der Waals surface area contributed by atoms with Crippen molar-refractivity contribution in [1.82, 2.24) is 4.98 Å². The van der Waals surface area contributed by atoms with Gasteiger partial charge in [0.1, 0.15) is 0 Å². The van der Waals surface area contributed by atoms with Gasteiger partial charge in [0.25, 0.3) is 0 Å². The second kappa shape index (κ2) is 4.98. The summed E-state index contributed by atoms with van der Waals surface area (Å²) in [6.07, 6.45) is 0.647. The summed E-state index contributed by atoms with van der Waals surface area (Å²) in [5.74, 6) is 0.522. The van der Waals surface area contributed by atoms with Crippen LogP contribution in [0.2, 0.25) is 0 Å². The van der Waals surface area contributed by atoms with Crippen molar-refractivity contribution in [3.8, 4) is 5.88 Å². The van der Waals surface area contributed by atoms with Crippen LogP contribution in [0.15, 0.2) is 12.1 Å². The number of aromatic nitrogens is 1. The van der Waals surface area contributed by atoms with E-state index in [1.165, 1.54) is 0 Å². The fourth-order valence-corrected chi connectivity index (χ4v) is 1.24. The molecule has 1 aromatic rings. The standard InChI is InChI=1S/C9H14BNO3/c1-3-8-7(10(12)13)5-6-9(11-8)14-4-2/h5-6,12-13H,3-4H2,1-2H3. The second-order valence-electron chi connectivity index (χ2n) is 2.85. The van der Waals surface area contributed by atoms with Crippen LogP contribution in [0.1, 0.15) is 19.5 Å². The monoisotopic (exact) mass is 195 g/mol. The Balaban J connectivity index is 2.99. The molecule has 0 aliphatic heterocycles. The summed E-state index contributed by atoms with van der Waals surface area (Å²) in [4.78, 5) is 4.16. The molecule has 2 N–H and O–H groups in total. The van der Waals surface area contributed by atoms with Crippen LogP contribution in [0.3, 0.4) is 0 Å². The van der Waals surface area contributed by atoms with E-state index in [2.05, 4.69) is 4.98 Å². The van der Waals surface area contributed by atoms with Gasteiger partial charge in [0.2, 0.25) is 5.88 Å². The van der Waals surface area contributed by atoms with Crippen molar-refractivity contribution in [3.63, 3.8) is 0 Å². The average Bonchev–Trinajstić information content (AvgIpc) is 2.17. The van der Waals surface area contributed by atoms with Crippen molar-refractivity contribution in [2.45, 2.75) is 20.3 Å². The number of pyridine rings is 1. The third kappa shape index (κ3) is 2.46. The van der Waals surface area contributed by atoms with E-state index < -0.39 is 7.12 Å². The Hall–Kier alpha value is -1.07. The molecule has 0 saturated heterocycles. The Kier molecular flexibility index (Phi) is 3.91. The summed E-state index contributed by atoms with van der Waals surface area (Å²) in [6, 6.07) is 3.26. The molecule has 5 heteroatoms. The molecular formula is C9H14BNO3. The van der Waals surface area contributed by atoms with Gasteiger partial charge in [-0.15, -0.1) is 0 Å². The Morgan fingerprint density at radius 1 is 1.36 bits per heavy atom. The van der Waals surface area contributed by atoms with Gasteiger partial charge in [0.15, 0.2) is 0 Å². The maximum atomic E-state index is 9.03. The van der Waals surface area contributed by atoms with Crippen molar-refractivity contribution in [2.75, 3.05) is 6.61 Å². The van der Waals surface area contributed by atoms with Crippen molar-refractivity contribution in [1.29, 1.82) is 0 Å². The van der Waals surface area contributed by atoms with E-state index in [-0.39, 0.29) is 0 Å². The Labute approximate surface area is 83.7 Å². The smallest absolute Gasteiger partial charge is 0.478 e. The molecule has 0 aliphatic rings. The molecule has 1 aromatic heterocycles. The molecule has 1 heterocycles. The summed E-state index contributed by atoms with van der Waals surface area (Å²) >= 11 is 0. The van der Waals surface area contributed by atoms with E-state index in [4.69, 9.17) is 14.8 Å². The second-order valence-corrected chi connectivity index (χ2v) is 2.85. The molecule has 0 fully saturated rings. The molecule has 0 aliphatic carbocycles. The van der Waals surface area contributed by atoms with Gasteiger partial charge in [-0.2, -0.15) is 0 Å². The molecule has 0 atom stereocenters. The number of hydrogen-bond donors (Lipinski definition) is 2. The van der Waals surface area contributed by atoms with Crippen LogP contribution in [-0.2, 0) is 6.42 Å². The Morgan fingerprint density at radius 3 is 2.57 bits per heavy atom. The maximum Gasteiger partial charge on any atom is 0.490 e. The maximum absolute atomic E-state index is 9.03. The lowest BCUT2D eigenvalue weighted by Gasteiger charge is -2.08. The predicted molar refractivity (Wildman–Crippen MR) is 54.6 cm³/mol. The van der Waals surface area contributed by atoms with Gasteiger partial charge in [-0.1, -0.05) is 13.0 Å². The highest BCUT2D eigenvalue weighted by Crippen LogP contribution is 2.06. The van der Waals surface area contributed by atoms with Crippen molar-refractivity contribution < 1.29 is 14.8 Å². The van der Waals surface area contributed by atoms with Crippen molar-refractivity contribution in [2.24, 2.45) is 0 Å². The quantitative estimate of drug-likeness (QED) is 0.648. The molecule has 0 aromatic carbocycles. The molecule has 14 heavy (non-hydrogen) atoms. The van der Waals surface area contributed by atoms with Gasteiger partial charge in [-0.25, -0.2) is 4.98 Å².